The van der Waals surface area contributed by atoms with Gasteiger partial charge in [-0.1, -0.05) is 13.8 Å². The van der Waals surface area contributed by atoms with E-state index in [0.717, 1.165) is 6.42 Å². The molecule has 88 valence electrons. The molecular formula is C12H20N4. The Morgan fingerprint density at radius 3 is 2.81 bits per heavy atom. The first-order chi connectivity index (χ1) is 7.53. The van der Waals surface area contributed by atoms with Gasteiger partial charge in [-0.05, 0) is 41.9 Å². The molecule has 16 heavy (non-hydrogen) atoms. The van der Waals surface area contributed by atoms with E-state index in [0.29, 0.717) is 23.2 Å². The Balaban J connectivity index is 2.03. The second-order valence-corrected chi connectivity index (χ2v) is 5.37. The molecule has 2 rings (SSSR count). The van der Waals surface area contributed by atoms with E-state index in [2.05, 4.69) is 24.3 Å². The smallest absolute Gasteiger partial charge is 0.123 e. The van der Waals surface area contributed by atoms with Crippen molar-refractivity contribution in [2.75, 3.05) is 5.73 Å². The quantitative estimate of drug-likeness (QED) is 0.524. The predicted molar refractivity (Wildman–Crippen MR) is 65.4 cm³/mol. The van der Waals surface area contributed by atoms with Gasteiger partial charge in [0, 0.05) is 12.2 Å². The topological polar surface area (TPSA) is 77.0 Å². The van der Waals surface area contributed by atoms with Crippen LogP contribution in [0.1, 0.15) is 25.8 Å². The number of nitrogens with one attached hydrogen (secondary N) is 1. The highest BCUT2D eigenvalue weighted by Gasteiger charge is 2.49. The lowest BCUT2D eigenvalue weighted by Crippen LogP contribution is -2.39. The first-order valence-electron chi connectivity index (χ1n) is 5.69. The Kier molecular flexibility index (Phi) is 2.86. The summed E-state index contributed by atoms with van der Waals surface area (Å²) in [5, 5.41) is 0. The minimum absolute atomic E-state index is 0.330. The number of rotatable bonds is 4. The molecule has 2 atom stereocenters. The van der Waals surface area contributed by atoms with Crippen LogP contribution in [0.5, 0.6) is 0 Å². The van der Waals surface area contributed by atoms with Crippen molar-refractivity contribution in [3.8, 4) is 0 Å². The summed E-state index contributed by atoms with van der Waals surface area (Å²) in [5.74, 6) is 6.86. The molecule has 1 aliphatic carbocycles. The summed E-state index contributed by atoms with van der Waals surface area (Å²) in [6.07, 6.45) is 3.90. The van der Waals surface area contributed by atoms with Crippen LogP contribution < -0.4 is 17.0 Å². The largest absolute Gasteiger partial charge is 0.384 e. The van der Waals surface area contributed by atoms with Gasteiger partial charge in [-0.15, -0.1) is 0 Å². The van der Waals surface area contributed by atoms with Gasteiger partial charge >= 0.3 is 0 Å². The molecule has 1 heterocycles. The average molecular weight is 220 g/mol. The molecule has 1 aromatic rings. The third-order valence-electron chi connectivity index (χ3n) is 3.59. The lowest BCUT2D eigenvalue weighted by atomic mass is 9.98. The molecular weight excluding hydrogens is 200 g/mol. The zero-order valence-corrected chi connectivity index (χ0v) is 9.90. The molecule has 2 unspecified atom stereocenters. The van der Waals surface area contributed by atoms with Crippen molar-refractivity contribution in [3.63, 3.8) is 0 Å². The van der Waals surface area contributed by atoms with Crippen LogP contribution in [0, 0.1) is 11.3 Å². The second kappa shape index (κ2) is 4.03. The summed E-state index contributed by atoms with van der Waals surface area (Å²) in [7, 11) is 0. The lowest BCUT2D eigenvalue weighted by molar-refractivity contribution is 0.409. The summed E-state index contributed by atoms with van der Waals surface area (Å²) in [4.78, 5) is 3.99. The fourth-order valence-corrected chi connectivity index (χ4v) is 2.39. The highest BCUT2D eigenvalue weighted by molar-refractivity contribution is 5.32. The van der Waals surface area contributed by atoms with Crippen LogP contribution in [-0.4, -0.2) is 11.0 Å². The van der Waals surface area contributed by atoms with E-state index in [4.69, 9.17) is 11.6 Å². The molecule has 5 N–H and O–H groups in total. The van der Waals surface area contributed by atoms with Gasteiger partial charge in [-0.2, -0.15) is 0 Å². The first-order valence-corrected chi connectivity index (χ1v) is 5.69. The maximum Gasteiger partial charge on any atom is 0.123 e. The Bertz CT molecular complexity index is 375. The Morgan fingerprint density at radius 2 is 2.31 bits per heavy atom. The van der Waals surface area contributed by atoms with E-state index < -0.39 is 0 Å². The van der Waals surface area contributed by atoms with E-state index in [1.54, 1.807) is 6.20 Å². The first kappa shape index (κ1) is 11.4. The predicted octanol–water partition coefficient (Wildman–Crippen LogP) is 1.08. The zero-order valence-electron chi connectivity index (χ0n) is 9.90. The number of anilines is 1. The summed E-state index contributed by atoms with van der Waals surface area (Å²) in [5.41, 5.74) is 10.2. The van der Waals surface area contributed by atoms with Gasteiger partial charge in [0.05, 0.1) is 0 Å². The average Bonchev–Trinajstić information content (AvgIpc) is 2.84. The number of nitrogens with two attached hydrogens (primary N) is 2. The molecule has 0 amide bonds. The fourth-order valence-electron chi connectivity index (χ4n) is 2.39. The summed E-state index contributed by atoms with van der Waals surface area (Å²) in [6, 6.07) is 4.24. The molecule has 4 nitrogen and oxygen atoms in total. The fraction of sp³-hybridized carbons (Fsp3) is 0.583. The molecule has 1 saturated carbocycles. The van der Waals surface area contributed by atoms with E-state index >= 15 is 0 Å². The number of nitrogens with zero attached hydrogens (tertiary/aromatic N) is 1. The Labute approximate surface area is 96.4 Å². The highest BCUT2D eigenvalue weighted by atomic mass is 15.2. The van der Waals surface area contributed by atoms with Gasteiger partial charge in [0.25, 0.3) is 0 Å². The maximum absolute atomic E-state index is 5.66. The second-order valence-electron chi connectivity index (χ2n) is 5.37. The van der Waals surface area contributed by atoms with Gasteiger partial charge in [-0.3, -0.25) is 11.3 Å². The number of hydrazine groups is 1. The minimum atomic E-state index is 0.330. The molecule has 0 aromatic carbocycles. The van der Waals surface area contributed by atoms with Crippen molar-refractivity contribution in [2.24, 2.45) is 17.2 Å². The van der Waals surface area contributed by atoms with Crippen molar-refractivity contribution in [3.05, 3.63) is 23.9 Å². The monoisotopic (exact) mass is 220 g/mol. The Morgan fingerprint density at radius 1 is 1.62 bits per heavy atom. The van der Waals surface area contributed by atoms with Crippen LogP contribution in [-0.2, 0) is 6.42 Å². The summed E-state index contributed by atoms with van der Waals surface area (Å²) < 4.78 is 0. The normalized spacial score (nSPS) is 24.1. The third kappa shape index (κ3) is 2.33. The van der Waals surface area contributed by atoms with Crippen molar-refractivity contribution in [2.45, 2.75) is 32.7 Å². The summed E-state index contributed by atoms with van der Waals surface area (Å²) >= 11 is 0. The molecule has 0 saturated heterocycles. The van der Waals surface area contributed by atoms with Gasteiger partial charge in [0.1, 0.15) is 5.82 Å². The van der Waals surface area contributed by atoms with Gasteiger partial charge in [0.2, 0.25) is 0 Å². The zero-order chi connectivity index (χ0) is 11.8. The molecule has 1 aliphatic rings. The van der Waals surface area contributed by atoms with E-state index in [-0.39, 0.29) is 0 Å². The summed E-state index contributed by atoms with van der Waals surface area (Å²) in [6.45, 7) is 4.56. The van der Waals surface area contributed by atoms with Crippen molar-refractivity contribution in [1.29, 1.82) is 0 Å². The lowest BCUT2D eigenvalue weighted by Gasteiger charge is -2.17. The number of nitrogen functional groups attached to an aromatic ring is 1. The van der Waals surface area contributed by atoms with Gasteiger partial charge in [0.15, 0.2) is 0 Å². The van der Waals surface area contributed by atoms with Crippen LogP contribution in [0.25, 0.3) is 0 Å². The molecule has 1 aromatic heterocycles. The van der Waals surface area contributed by atoms with Crippen LogP contribution in [0.4, 0.5) is 5.82 Å². The van der Waals surface area contributed by atoms with Crippen LogP contribution >= 0.6 is 0 Å². The van der Waals surface area contributed by atoms with Gasteiger partial charge in [-0.25, -0.2) is 4.98 Å². The standard InChI is InChI=1S/C12H20N4/c1-12(2)7-9(12)10(16-14)5-8-3-4-15-11(13)6-8/h3-4,6,9-10,16H,5,7,14H2,1-2H3,(H2,13,15). The van der Waals surface area contributed by atoms with E-state index in [9.17, 15) is 0 Å². The molecule has 0 bridgehead atoms. The maximum atomic E-state index is 5.66. The molecule has 0 spiro atoms. The van der Waals surface area contributed by atoms with E-state index in [1.165, 1.54) is 12.0 Å². The molecule has 4 heteroatoms. The number of aromatic nitrogens is 1. The van der Waals surface area contributed by atoms with Crippen LogP contribution in [0.2, 0.25) is 0 Å². The molecule has 0 radical (unpaired) electrons. The number of hydrogen-bond donors (Lipinski definition) is 3. The van der Waals surface area contributed by atoms with E-state index in [1.807, 2.05) is 12.1 Å². The number of hydrogen-bond acceptors (Lipinski definition) is 4. The molecule has 0 aliphatic heterocycles. The highest BCUT2D eigenvalue weighted by Crippen LogP contribution is 2.53. The van der Waals surface area contributed by atoms with Crippen LogP contribution in [0.15, 0.2) is 18.3 Å². The SMILES string of the molecule is CC1(C)CC1C(Cc1ccnc(N)c1)NN. The Hall–Kier alpha value is -1.13. The van der Waals surface area contributed by atoms with Crippen molar-refractivity contribution in [1.82, 2.24) is 10.4 Å². The van der Waals surface area contributed by atoms with Crippen molar-refractivity contribution >= 4 is 5.82 Å². The third-order valence-corrected chi connectivity index (χ3v) is 3.59. The number of pyridine rings is 1. The van der Waals surface area contributed by atoms with Crippen LogP contribution in [0.3, 0.4) is 0 Å². The molecule has 1 fully saturated rings. The van der Waals surface area contributed by atoms with Crippen molar-refractivity contribution < 1.29 is 0 Å². The van der Waals surface area contributed by atoms with Gasteiger partial charge < -0.3 is 5.73 Å². The minimum Gasteiger partial charge on any atom is -0.384 e.